The molecule has 0 aliphatic heterocycles. The highest BCUT2D eigenvalue weighted by Gasteiger charge is 2.36. The van der Waals surface area contributed by atoms with Crippen LogP contribution < -0.4 is 5.73 Å². The second-order valence-electron chi connectivity index (χ2n) is 5.38. The molecule has 0 amide bonds. The zero-order chi connectivity index (χ0) is 12.8. The van der Waals surface area contributed by atoms with E-state index in [2.05, 4.69) is 4.98 Å². The molecule has 1 atom stereocenters. The van der Waals surface area contributed by atoms with E-state index in [9.17, 15) is 13.2 Å². The lowest BCUT2D eigenvalue weighted by Gasteiger charge is -2.34. The first-order chi connectivity index (χ1) is 7.69. The molecular weight excluding hydrogens is 229 g/mol. The van der Waals surface area contributed by atoms with Crippen molar-refractivity contribution in [1.82, 2.24) is 4.98 Å². The second kappa shape index (κ2) is 3.70. The number of nitrogens with two attached hydrogens (primary N) is 1. The Labute approximate surface area is 98.0 Å². The van der Waals surface area contributed by atoms with Crippen LogP contribution in [0.4, 0.5) is 13.2 Å². The molecule has 1 aliphatic rings. The molecule has 94 valence electrons. The molecule has 1 heterocycles. The Morgan fingerprint density at radius 2 is 2.00 bits per heavy atom. The van der Waals surface area contributed by atoms with Crippen LogP contribution in [0.15, 0.2) is 12.1 Å². The molecule has 0 spiro atoms. The molecule has 0 unspecified atom stereocenters. The number of pyridine rings is 1. The van der Waals surface area contributed by atoms with Crippen molar-refractivity contribution in [2.75, 3.05) is 0 Å². The first-order valence-electron chi connectivity index (χ1n) is 5.52. The van der Waals surface area contributed by atoms with Gasteiger partial charge < -0.3 is 5.73 Å². The van der Waals surface area contributed by atoms with Crippen molar-refractivity contribution < 1.29 is 13.2 Å². The van der Waals surface area contributed by atoms with Crippen molar-refractivity contribution in [1.29, 1.82) is 0 Å². The summed E-state index contributed by atoms with van der Waals surface area (Å²) < 4.78 is 37.7. The summed E-state index contributed by atoms with van der Waals surface area (Å²) in [6.45, 7) is 4.00. The lowest BCUT2D eigenvalue weighted by atomic mass is 9.74. The monoisotopic (exact) mass is 244 g/mol. The van der Waals surface area contributed by atoms with Crippen molar-refractivity contribution >= 4 is 0 Å². The van der Waals surface area contributed by atoms with Gasteiger partial charge in [-0.1, -0.05) is 19.9 Å². The van der Waals surface area contributed by atoms with Crippen LogP contribution in [0.5, 0.6) is 0 Å². The Kier molecular flexibility index (Phi) is 2.69. The maximum Gasteiger partial charge on any atom is 0.433 e. The fraction of sp³-hybridized carbons (Fsp3) is 0.583. The SMILES string of the molecule is CC1(C)Cc2nc(C(F)(F)F)ccc2[C@@H](N)C1. The highest BCUT2D eigenvalue weighted by atomic mass is 19.4. The Morgan fingerprint density at radius 3 is 2.59 bits per heavy atom. The molecule has 0 aromatic carbocycles. The van der Waals surface area contributed by atoms with Crippen molar-refractivity contribution in [3.05, 3.63) is 29.1 Å². The fourth-order valence-electron chi connectivity index (χ4n) is 2.38. The van der Waals surface area contributed by atoms with Crippen LogP contribution in [0.1, 0.15) is 43.3 Å². The van der Waals surface area contributed by atoms with Crippen LogP contribution in [0.25, 0.3) is 0 Å². The summed E-state index contributed by atoms with van der Waals surface area (Å²) in [5, 5.41) is 0. The second-order valence-corrected chi connectivity index (χ2v) is 5.38. The van der Waals surface area contributed by atoms with Gasteiger partial charge in [-0.15, -0.1) is 0 Å². The third-order valence-corrected chi connectivity index (χ3v) is 3.12. The van der Waals surface area contributed by atoms with E-state index in [-0.39, 0.29) is 11.5 Å². The normalized spacial score (nSPS) is 23.3. The van der Waals surface area contributed by atoms with Gasteiger partial charge in [0.25, 0.3) is 0 Å². The number of halogens is 3. The first kappa shape index (κ1) is 12.4. The van der Waals surface area contributed by atoms with Gasteiger partial charge in [0.1, 0.15) is 5.69 Å². The van der Waals surface area contributed by atoms with Crippen molar-refractivity contribution in [2.24, 2.45) is 11.1 Å². The summed E-state index contributed by atoms with van der Waals surface area (Å²) in [7, 11) is 0. The van der Waals surface area contributed by atoms with E-state index in [1.54, 1.807) is 0 Å². The summed E-state index contributed by atoms with van der Waals surface area (Å²) in [5.74, 6) is 0. The Hall–Kier alpha value is -1.10. The number of rotatable bonds is 0. The lowest BCUT2D eigenvalue weighted by Crippen LogP contribution is -2.31. The number of nitrogens with zero attached hydrogens (tertiary/aromatic N) is 1. The molecule has 5 heteroatoms. The van der Waals surface area contributed by atoms with E-state index in [1.165, 1.54) is 6.07 Å². The number of fused-ring (bicyclic) bond motifs is 1. The van der Waals surface area contributed by atoms with Crippen LogP contribution in [0.3, 0.4) is 0 Å². The summed E-state index contributed by atoms with van der Waals surface area (Å²) in [6.07, 6.45) is -3.08. The van der Waals surface area contributed by atoms with Gasteiger partial charge in [-0.25, -0.2) is 4.98 Å². The van der Waals surface area contributed by atoms with Crippen LogP contribution >= 0.6 is 0 Å². The Morgan fingerprint density at radius 1 is 1.35 bits per heavy atom. The van der Waals surface area contributed by atoms with E-state index < -0.39 is 11.9 Å². The minimum absolute atomic E-state index is 0.0936. The Bertz CT molecular complexity index is 438. The molecule has 0 saturated carbocycles. The van der Waals surface area contributed by atoms with Crippen molar-refractivity contribution in [2.45, 2.75) is 38.9 Å². The zero-order valence-corrected chi connectivity index (χ0v) is 9.80. The molecule has 1 aromatic rings. The van der Waals surface area contributed by atoms with E-state index >= 15 is 0 Å². The molecule has 17 heavy (non-hydrogen) atoms. The predicted molar refractivity (Wildman–Crippen MR) is 58.3 cm³/mol. The summed E-state index contributed by atoms with van der Waals surface area (Å²) >= 11 is 0. The molecule has 0 saturated heterocycles. The van der Waals surface area contributed by atoms with Gasteiger partial charge in [-0.3, -0.25) is 0 Å². The number of aromatic nitrogens is 1. The lowest BCUT2D eigenvalue weighted by molar-refractivity contribution is -0.141. The zero-order valence-electron chi connectivity index (χ0n) is 9.80. The molecule has 0 fully saturated rings. The van der Waals surface area contributed by atoms with Gasteiger partial charge in [0.05, 0.1) is 0 Å². The average molecular weight is 244 g/mol. The smallest absolute Gasteiger partial charge is 0.324 e. The van der Waals surface area contributed by atoms with Gasteiger partial charge in [0.2, 0.25) is 0 Å². The maximum absolute atomic E-state index is 12.6. The van der Waals surface area contributed by atoms with Crippen LogP contribution in [-0.2, 0) is 12.6 Å². The molecule has 1 aliphatic carbocycles. The quantitative estimate of drug-likeness (QED) is 0.761. The number of hydrogen-bond donors (Lipinski definition) is 1. The van der Waals surface area contributed by atoms with Crippen LogP contribution in [0.2, 0.25) is 0 Å². The standard InChI is InChI=1S/C12H15F3N2/c1-11(2)5-8(16)7-3-4-10(12(13,14)15)17-9(7)6-11/h3-4,8H,5-6,16H2,1-2H3/t8-/m0/s1. The molecule has 0 bridgehead atoms. The van der Waals surface area contributed by atoms with Crippen LogP contribution in [0, 0.1) is 5.41 Å². The third kappa shape index (κ3) is 2.44. The molecule has 0 radical (unpaired) electrons. The van der Waals surface area contributed by atoms with E-state index in [4.69, 9.17) is 5.73 Å². The van der Waals surface area contributed by atoms with Gasteiger partial charge >= 0.3 is 6.18 Å². The van der Waals surface area contributed by atoms with Gasteiger partial charge in [0, 0.05) is 11.7 Å². The van der Waals surface area contributed by atoms with Crippen molar-refractivity contribution in [3.8, 4) is 0 Å². The average Bonchev–Trinajstić information content (AvgIpc) is 2.13. The number of alkyl halides is 3. The Balaban J connectivity index is 2.45. The highest BCUT2D eigenvalue weighted by molar-refractivity contribution is 5.30. The van der Waals surface area contributed by atoms with Gasteiger partial charge in [-0.2, -0.15) is 13.2 Å². The molecule has 2 nitrogen and oxygen atoms in total. The first-order valence-corrected chi connectivity index (χ1v) is 5.52. The van der Waals surface area contributed by atoms with E-state index in [0.29, 0.717) is 12.1 Å². The summed E-state index contributed by atoms with van der Waals surface area (Å²) in [4.78, 5) is 3.73. The fourth-order valence-corrected chi connectivity index (χ4v) is 2.38. The summed E-state index contributed by atoms with van der Waals surface area (Å²) in [6, 6.07) is 2.26. The van der Waals surface area contributed by atoms with Crippen molar-refractivity contribution in [3.63, 3.8) is 0 Å². The molecular formula is C12H15F3N2. The largest absolute Gasteiger partial charge is 0.433 e. The molecule has 2 rings (SSSR count). The van der Waals surface area contributed by atoms with Gasteiger partial charge in [-0.05, 0) is 29.9 Å². The predicted octanol–water partition coefficient (Wildman–Crippen LogP) is 3.07. The number of hydrogen-bond acceptors (Lipinski definition) is 2. The van der Waals surface area contributed by atoms with Gasteiger partial charge in [0.15, 0.2) is 0 Å². The minimum Gasteiger partial charge on any atom is -0.324 e. The maximum atomic E-state index is 12.6. The molecule has 2 N–H and O–H groups in total. The third-order valence-electron chi connectivity index (χ3n) is 3.12. The topological polar surface area (TPSA) is 38.9 Å². The summed E-state index contributed by atoms with van der Waals surface area (Å²) in [5.41, 5.74) is 6.27. The van der Waals surface area contributed by atoms with E-state index in [0.717, 1.165) is 18.1 Å². The highest BCUT2D eigenvalue weighted by Crippen LogP contribution is 2.40. The van der Waals surface area contributed by atoms with Crippen LogP contribution in [-0.4, -0.2) is 4.98 Å². The van der Waals surface area contributed by atoms with E-state index in [1.807, 2.05) is 13.8 Å². The minimum atomic E-state index is -4.39. The molecule has 1 aromatic heterocycles.